The van der Waals surface area contributed by atoms with Crippen molar-refractivity contribution in [3.8, 4) is 0 Å². The predicted octanol–water partition coefficient (Wildman–Crippen LogP) is 2.77. The van der Waals surface area contributed by atoms with Crippen molar-refractivity contribution < 1.29 is 13.2 Å². The average molecular weight is 315 g/mol. The van der Waals surface area contributed by atoms with Crippen LogP contribution >= 0.6 is 0 Å². The third-order valence-electron chi connectivity index (χ3n) is 3.26. The number of carbonyl (C=O) groups excluding carboxylic acids is 1. The van der Waals surface area contributed by atoms with Crippen LogP contribution in [0.5, 0.6) is 0 Å². The van der Waals surface area contributed by atoms with E-state index in [4.69, 9.17) is 0 Å². The summed E-state index contributed by atoms with van der Waals surface area (Å²) in [6, 6.07) is 14.6. The van der Waals surface area contributed by atoms with Gasteiger partial charge in [0.15, 0.2) is 0 Å². The normalized spacial score (nSPS) is 12.6. The van der Waals surface area contributed by atoms with Crippen LogP contribution in [0.25, 0.3) is 0 Å². The Kier molecular flexibility index (Phi) is 4.90. The largest absolute Gasteiger partial charge is 0.298 e. The molecule has 0 saturated heterocycles. The van der Waals surface area contributed by atoms with Crippen LogP contribution in [0.3, 0.4) is 0 Å². The quantitative estimate of drug-likeness (QED) is 0.658. The Hall–Kier alpha value is -2.24. The lowest BCUT2D eigenvalue weighted by atomic mass is 10.0. The number of benzene rings is 2. The van der Waals surface area contributed by atoms with Gasteiger partial charge in [-0.1, -0.05) is 54.6 Å². The zero-order valence-corrected chi connectivity index (χ0v) is 13.0. The molecule has 0 amide bonds. The van der Waals surface area contributed by atoms with Crippen LogP contribution in [0.4, 0.5) is 0 Å². The van der Waals surface area contributed by atoms with E-state index in [-0.39, 0.29) is 10.5 Å². The minimum absolute atomic E-state index is 0.151. The lowest BCUT2D eigenvalue weighted by Crippen LogP contribution is -2.30. The second-order valence-electron chi connectivity index (χ2n) is 4.97. The number of aryl methyl sites for hydroxylation is 1. The number of rotatable bonds is 6. The second-order valence-corrected chi connectivity index (χ2v) is 6.68. The molecule has 0 aromatic heterocycles. The molecule has 22 heavy (non-hydrogen) atoms. The molecule has 114 valence electrons. The monoisotopic (exact) mass is 315 g/mol. The van der Waals surface area contributed by atoms with Crippen LogP contribution in [0, 0.1) is 6.92 Å². The van der Waals surface area contributed by atoms with Gasteiger partial charge in [0.25, 0.3) is 0 Å². The fourth-order valence-corrected chi connectivity index (χ4v) is 3.24. The van der Waals surface area contributed by atoms with Gasteiger partial charge in [-0.25, -0.2) is 8.42 Å². The first-order chi connectivity index (χ1) is 10.4. The SMILES string of the molecule is C=C(C=O)C(NS(=O)(=O)c1ccc(C)cc1)c1ccccc1. The highest BCUT2D eigenvalue weighted by molar-refractivity contribution is 7.89. The first-order valence-electron chi connectivity index (χ1n) is 6.72. The van der Waals surface area contributed by atoms with Gasteiger partial charge < -0.3 is 0 Å². The molecule has 2 aromatic carbocycles. The first-order valence-corrected chi connectivity index (χ1v) is 8.20. The van der Waals surface area contributed by atoms with Gasteiger partial charge in [-0.15, -0.1) is 0 Å². The zero-order valence-electron chi connectivity index (χ0n) is 12.2. The highest BCUT2D eigenvalue weighted by Gasteiger charge is 2.23. The van der Waals surface area contributed by atoms with E-state index in [1.807, 2.05) is 13.0 Å². The van der Waals surface area contributed by atoms with Crippen molar-refractivity contribution in [1.29, 1.82) is 0 Å². The van der Waals surface area contributed by atoms with Crippen LogP contribution in [-0.2, 0) is 14.8 Å². The molecule has 1 unspecified atom stereocenters. The summed E-state index contributed by atoms with van der Waals surface area (Å²) in [7, 11) is -3.75. The summed E-state index contributed by atoms with van der Waals surface area (Å²) in [5, 5.41) is 0. The molecular weight excluding hydrogens is 298 g/mol. The summed E-state index contributed by atoms with van der Waals surface area (Å²) in [6.45, 7) is 5.53. The smallest absolute Gasteiger partial charge is 0.241 e. The Morgan fingerprint density at radius 3 is 2.23 bits per heavy atom. The van der Waals surface area contributed by atoms with Crippen LogP contribution in [0.1, 0.15) is 17.2 Å². The van der Waals surface area contributed by atoms with E-state index in [0.717, 1.165) is 5.56 Å². The van der Waals surface area contributed by atoms with Gasteiger partial charge >= 0.3 is 0 Å². The summed E-state index contributed by atoms with van der Waals surface area (Å²) >= 11 is 0. The van der Waals surface area contributed by atoms with E-state index in [9.17, 15) is 13.2 Å². The van der Waals surface area contributed by atoms with Gasteiger partial charge in [-0.3, -0.25) is 4.79 Å². The Morgan fingerprint density at radius 1 is 1.09 bits per heavy atom. The fourth-order valence-electron chi connectivity index (χ4n) is 2.01. The number of sulfonamides is 1. The third kappa shape index (κ3) is 3.69. The summed E-state index contributed by atoms with van der Waals surface area (Å²) < 4.78 is 27.5. The second kappa shape index (κ2) is 6.68. The van der Waals surface area contributed by atoms with Crippen molar-refractivity contribution in [3.63, 3.8) is 0 Å². The molecule has 0 fully saturated rings. The van der Waals surface area contributed by atoms with E-state index in [1.54, 1.807) is 36.4 Å². The molecule has 0 aliphatic carbocycles. The summed E-state index contributed by atoms with van der Waals surface area (Å²) in [5.74, 6) is 0. The van der Waals surface area contributed by atoms with Crippen molar-refractivity contribution in [3.05, 3.63) is 77.9 Å². The van der Waals surface area contributed by atoms with Crippen molar-refractivity contribution in [2.75, 3.05) is 0 Å². The zero-order chi connectivity index (χ0) is 16.2. The molecular formula is C17H17NO3S. The maximum atomic E-state index is 12.5. The maximum absolute atomic E-state index is 12.5. The van der Waals surface area contributed by atoms with Gasteiger partial charge in [0, 0.05) is 5.57 Å². The highest BCUT2D eigenvalue weighted by Crippen LogP contribution is 2.22. The Balaban J connectivity index is 2.36. The molecule has 0 spiro atoms. The highest BCUT2D eigenvalue weighted by atomic mass is 32.2. The molecule has 0 radical (unpaired) electrons. The van der Waals surface area contributed by atoms with Gasteiger partial charge in [0.1, 0.15) is 6.29 Å². The standard InChI is InChI=1S/C17H17NO3S/c1-13-8-10-16(11-9-13)22(20,21)18-17(14(2)12-19)15-6-4-3-5-7-15/h3-12,17-18H,2H2,1H3. The maximum Gasteiger partial charge on any atom is 0.241 e. The molecule has 4 nitrogen and oxygen atoms in total. The summed E-state index contributed by atoms with van der Waals surface area (Å²) in [5.41, 5.74) is 1.79. The topological polar surface area (TPSA) is 63.2 Å². The Morgan fingerprint density at radius 2 is 1.68 bits per heavy atom. The molecule has 0 aliphatic heterocycles. The summed E-state index contributed by atoms with van der Waals surface area (Å²) in [6.07, 6.45) is 0.565. The molecule has 0 saturated carbocycles. The molecule has 0 aliphatic rings. The molecule has 1 N–H and O–H groups in total. The lowest BCUT2D eigenvalue weighted by molar-refractivity contribution is -0.105. The molecule has 5 heteroatoms. The van der Waals surface area contributed by atoms with Crippen LogP contribution in [0.15, 0.2) is 71.6 Å². The van der Waals surface area contributed by atoms with Crippen molar-refractivity contribution in [2.24, 2.45) is 0 Å². The van der Waals surface area contributed by atoms with Crippen molar-refractivity contribution in [1.82, 2.24) is 4.72 Å². The van der Waals surface area contributed by atoms with E-state index >= 15 is 0 Å². The van der Waals surface area contributed by atoms with Gasteiger partial charge in [-0.2, -0.15) is 4.72 Å². The number of nitrogens with one attached hydrogen (secondary N) is 1. The molecule has 2 rings (SSSR count). The van der Waals surface area contributed by atoms with Crippen LogP contribution in [0.2, 0.25) is 0 Å². The molecule has 0 heterocycles. The number of hydrogen-bond acceptors (Lipinski definition) is 3. The fraction of sp³-hybridized carbons (Fsp3) is 0.118. The summed E-state index contributed by atoms with van der Waals surface area (Å²) in [4.78, 5) is 11.2. The molecule has 2 aromatic rings. The van der Waals surface area contributed by atoms with Gasteiger partial charge in [0.05, 0.1) is 10.9 Å². The first kappa shape index (κ1) is 16.1. The van der Waals surface area contributed by atoms with E-state index in [1.165, 1.54) is 12.1 Å². The Bertz CT molecular complexity index is 765. The predicted molar refractivity (Wildman–Crippen MR) is 85.9 cm³/mol. The van der Waals surface area contributed by atoms with Crippen molar-refractivity contribution >= 4 is 16.3 Å². The Labute approximate surface area is 130 Å². The van der Waals surface area contributed by atoms with Crippen molar-refractivity contribution in [2.45, 2.75) is 17.9 Å². The van der Waals surface area contributed by atoms with E-state index in [0.29, 0.717) is 11.8 Å². The minimum Gasteiger partial charge on any atom is -0.298 e. The minimum atomic E-state index is -3.75. The van der Waals surface area contributed by atoms with E-state index in [2.05, 4.69) is 11.3 Å². The van der Waals surface area contributed by atoms with E-state index < -0.39 is 16.1 Å². The van der Waals surface area contributed by atoms with Crippen LogP contribution < -0.4 is 4.72 Å². The number of aldehydes is 1. The number of hydrogen-bond donors (Lipinski definition) is 1. The lowest BCUT2D eigenvalue weighted by Gasteiger charge is -2.18. The number of carbonyl (C=O) groups is 1. The third-order valence-corrected chi connectivity index (χ3v) is 4.70. The molecule has 0 bridgehead atoms. The van der Waals surface area contributed by atoms with Gasteiger partial charge in [0.2, 0.25) is 10.0 Å². The van der Waals surface area contributed by atoms with Crippen LogP contribution in [-0.4, -0.2) is 14.7 Å². The average Bonchev–Trinajstić information content (AvgIpc) is 2.53. The molecule has 1 atom stereocenters. The van der Waals surface area contributed by atoms with Gasteiger partial charge in [-0.05, 0) is 24.6 Å².